The molecule has 0 bridgehead atoms. The molecule has 0 spiro atoms. The first-order chi connectivity index (χ1) is 12.1. The average Bonchev–Trinajstić information content (AvgIpc) is 2.58. The Labute approximate surface area is 157 Å². The van der Waals surface area contributed by atoms with Crippen LogP contribution in [0.2, 0.25) is 0 Å². The third-order valence-electron chi connectivity index (χ3n) is 5.70. The summed E-state index contributed by atoms with van der Waals surface area (Å²) in [6.45, 7) is 9.47. The van der Waals surface area contributed by atoms with Crippen LogP contribution in [0.3, 0.4) is 0 Å². The number of carbonyl (C=O) groups is 2. The number of aliphatic hydroxyl groups is 2. The van der Waals surface area contributed by atoms with Crippen molar-refractivity contribution in [3.05, 3.63) is 11.6 Å². The molecule has 0 radical (unpaired) electrons. The van der Waals surface area contributed by atoms with Crippen LogP contribution in [-0.4, -0.2) is 40.8 Å². The van der Waals surface area contributed by atoms with E-state index < -0.39 is 29.5 Å². The van der Waals surface area contributed by atoms with Crippen molar-refractivity contribution in [2.45, 2.75) is 85.4 Å². The van der Waals surface area contributed by atoms with Crippen molar-refractivity contribution < 1.29 is 24.5 Å². The van der Waals surface area contributed by atoms with Gasteiger partial charge in [0.1, 0.15) is 5.78 Å². The molecule has 2 N–H and O–H groups in total. The Morgan fingerprint density at radius 3 is 2.54 bits per heavy atom. The number of hydrogen-bond donors (Lipinski definition) is 2. The fraction of sp³-hybridized carbons (Fsp3) is 0.810. The molecule has 0 saturated carbocycles. The topological polar surface area (TPSA) is 83.8 Å². The van der Waals surface area contributed by atoms with Crippen LogP contribution in [0.4, 0.5) is 0 Å². The Bertz CT molecular complexity index is 509. The number of allylic oxidation sites excluding steroid dienone is 1. The largest absolute Gasteiger partial charge is 0.465 e. The Morgan fingerprint density at radius 1 is 1.27 bits per heavy atom. The monoisotopic (exact) mass is 368 g/mol. The molecule has 4 atom stereocenters. The standard InChI is InChI=1S/C21H36O5/c1-6-16-19(24)15(3)11-7-9-14(2)10-8-12-26-18(23)13-17(22)21(4,5)20(16)25/h10,15-17,19,22,24H,6-9,11-13H2,1-5H3/b14-10+. The van der Waals surface area contributed by atoms with Crippen molar-refractivity contribution in [3.63, 3.8) is 0 Å². The average molecular weight is 369 g/mol. The highest BCUT2D eigenvalue weighted by Gasteiger charge is 2.43. The summed E-state index contributed by atoms with van der Waals surface area (Å²) in [5.41, 5.74) is 0.118. The summed E-state index contributed by atoms with van der Waals surface area (Å²) < 4.78 is 5.18. The van der Waals surface area contributed by atoms with Crippen molar-refractivity contribution in [2.24, 2.45) is 17.3 Å². The third-order valence-corrected chi connectivity index (χ3v) is 5.70. The van der Waals surface area contributed by atoms with Crippen molar-refractivity contribution in [3.8, 4) is 0 Å². The number of Topliss-reactive ketones (excluding diaryl/α,β-unsaturated/α-hetero) is 1. The van der Waals surface area contributed by atoms with E-state index in [4.69, 9.17) is 4.74 Å². The van der Waals surface area contributed by atoms with Gasteiger partial charge in [0.15, 0.2) is 0 Å². The highest BCUT2D eigenvalue weighted by molar-refractivity contribution is 5.88. The fourth-order valence-corrected chi connectivity index (χ4v) is 3.55. The number of esters is 1. The third kappa shape index (κ3) is 6.20. The maximum absolute atomic E-state index is 13.0. The fourth-order valence-electron chi connectivity index (χ4n) is 3.55. The molecule has 0 aliphatic carbocycles. The van der Waals surface area contributed by atoms with Crippen LogP contribution in [0.15, 0.2) is 11.6 Å². The van der Waals surface area contributed by atoms with Gasteiger partial charge in [0, 0.05) is 5.92 Å². The molecule has 1 heterocycles. The van der Waals surface area contributed by atoms with Gasteiger partial charge in [0.2, 0.25) is 0 Å². The normalized spacial score (nSPS) is 34.7. The molecule has 0 saturated heterocycles. The second-order valence-electron chi connectivity index (χ2n) is 8.24. The van der Waals surface area contributed by atoms with E-state index in [0.29, 0.717) is 12.8 Å². The lowest BCUT2D eigenvalue weighted by molar-refractivity contribution is -0.151. The molecule has 1 aliphatic rings. The molecule has 26 heavy (non-hydrogen) atoms. The number of rotatable bonds is 1. The quantitative estimate of drug-likeness (QED) is 0.547. The van der Waals surface area contributed by atoms with Gasteiger partial charge in [-0.15, -0.1) is 0 Å². The zero-order valence-electron chi connectivity index (χ0n) is 17.0. The Balaban J connectivity index is 3.04. The SMILES string of the molecule is CCC1C(=O)C(C)(C)C(O)CC(=O)OCC/C=C(\C)CCCC(C)C1O. The summed E-state index contributed by atoms with van der Waals surface area (Å²) in [4.78, 5) is 25.0. The zero-order valence-corrected chi connectivity index (χ0v) is 17.0. The van der Waals surface area contributed by atoms with Crippen LogP contribution in [0, 0.1) is 17.3 Å². The predicted octanol–water partition coefficient (Wildman–Crippen LogP) is 3.42. The number of carbonyl (C=O) groups excluding carboxylic acids is 2. The van der Waals surface area contributed by atoms with Crippen molar-refractivity contribution in [1.82, 2.24) is 0 Å². The van der Waals surface area contributed by atoms with Crippen LogP contribution in [-0.2, 0) is 14.3 Å². The zero-order chi connectivity index (χ0) is 19.9. The summed E-state index contributed by atoms with van der Waals surface area (Å²) in [7, 11) is 0. The molecule has 0 fully saturated rings. The smallest absolute Gasteiger partial charge is 0.308 e. The van der Waals surface area contributed by atoms with Gasteiger partial charge in [-0.1, -0.05) is 39.3 Å². The van der Waals surface area contributed by atoms with Gasteiger partial charge in [0.25, 0.3) is 0 Å². The van der Waals surface area contributed by atoms with Crippen molar-refractivity contribution in [2.75, 3.05) is 6.61 Å². The summed E-state index contributed by atoms with van der Waals surface area (Å²) >= 11 is 0. The summed E-state index contributed by atoms with van der Waals surface area (Å²) in [6.07, 6.45) is 3.83. The van der Waals surface area contributed by atoms with Crippen molar-refractivity contribution >= 4 is 11.8 Å². The number of aliphatic hydroxyl groups excluding tert-OH is 2. The summed E-state index contributed by atoms with van der Waals surface area (Å²) in [5.74, 6) is -1.24. The van der Waals surface area contributed by atoms with Crippen LogP contribution in [0.5, 0.6) is 0 Å². The lowest BCUT2D eigenvalue weighted by atomic mass is 9.71. The molecule has 0 aromatic heterocycles. The summed E-state index contributed by atoms with van der Waals surface area (Å²) in [5, 5.41) is 21.2. The lowest BCUT2D eigenvalue weighted by Gasteiger charge is -2.35. The van der Waals surface area contributed by atoms with Gasteiger partial charge in [0.05, 0.1) is 30.7 Å². The minimum Gasteiger partial charge on any atom is -0.465 e. The van der Waals surface area contributed by atoms with E-state index in [1.165, 1.54) is 5.57 Å². The van der Waals surface area contributed by atoms with Crippen LogP contribution in [0.25, 0.3) is 0 Å². The first kappa shape index (κ1) is 22.8. The maximum atomic E-state index is 13.0. The van der Waals surface area contributed by atoms with E-state index >= 15 is 0 Å². The van der Waals surface area contributed by atoms with E-state index in [2.05, 4.69) is 13.0 Å². The number of hydrogen-bond acceptors (Lipinski definition) is 5. The van der Waals surface area contributed by atoms with E-state index in [9.17, 15) is 19.8 Å². The van der Waals surface area contributed by atoms with Gasteiger partial charge in [-0.2, -0.15) is 0 Å². The Hall–Kier alpha value is -1.20. The Kier molecular flexibility index (Phi) is 8.97. The van der Waals surface area contributed by atoms with Gasteiger partial charge < -0.3 is 14.9 Å². The first-order valence-electron chi connectivity index (χ1n) is 9.82. The van der Waals surface area contributed by atoms with Crippen LogP contribution in [0.1, 0.15) is 73.1 Å². The van der Waals surface area contributed by atoms with Crippen molar-refractivity contribution in [1.29, 1.82) is 0 Å². The molecule has 0 aromatic rings. The van der Waals surface area contributed by atoms with E-state index in [-0.39, 0.29) is 24.7 Å². The predicted molar refractivity (Wildman–Crippen MR) is 102 cm³/mol. The number of cyclic esters (lactones) is 1. The van der Waals surface area contributed by atoms with E-state index in [1.807, 2.05) is 13.8 Å². The second-order valence-corrected chi connectivity index (χ2v) is 8.24. The second kappa shape index (κ2) is 10.2. The molecule has 1 rings (SSSR count). The molecule has 150 valence electrons. The van der Waals surface area contributed by atoms with Gasteiger partial charge in [-0.3, -0.25) is 9.59 Å². The minimum atomic E-state index is -1.13. The van der Waals surface area contributed by atoms with E-state index in [0.717, 1.165) is 19.3 Å². The maximum Gasteiger partial charge on any atom is 0.308 e. The van der Waals surface area contributed by atoms with E-state index in [1.54, 1.807) is 13.8 Å². The molecule has 4 unspecified atom stereocenters. The number of ketones is 1. The molecule has 5 heteroatoms. The molecular formula is C21H36O5. The molecule has 0 aromatic carbocycles. The highest BCUT2D eigenvalue weighted by atomic mass is 16.5. The molecular weight excluding hydrogens is 332 g/mol. The molecule has 5 nitrogen and oxygen atoms in total. The van der Waals surface area contributed by atoms with Crippen LogP contribution < -0.4 is 0 Å². The van der Waals surface area contributed by atoms with Gasteiger partial charge in [-0.25, -0.2) is 0 Å². The molecule has 0 amide bonds. The lowest BCUT2D eigenvalue weighted by Crippen LogP contribution is -2.46. The first-order valence-corrected chi connectivity index (χ1v) is 9.82. The number of ether oxygens (including phenoxy) is 1. The summed E-state index contributed by atoms with van der Waals surface area (Å²) in [6, 6.07) is 0. The Morgan fingerprint density at radius 2 is 1.92 bits per heavy atom. The van der Waals surface area contributed by atoms with Gasteiger partial charge in [-0.05, 0) is 44.9 Å². The van der Waals surface area contributed by atoms with Gasteiger partial charge >= 0.3 is 5.97 Å². The highest BCUT2D eigenvalue weighted by Crippen LogP contribution is 2.33. The minimum absolute atomic E-state index is 0.00233. The molecule has 1 aliphatic heterocycles. The van der Waals surface area contributed by atoms with Crippen LogP contribution >= 0.6 is 0 Å².